The van der Waals surface area contributed by atoms with Crippen molar-refractivity contribution < 1.29 is 19.3 Å². The maximum Gasteiger partial charge on any atom is 0.269 e. The van der Waals surface area contributed by atoms with Crippen LogP contribution in [0, 0.1) is 10.1 Å². The summed E-state index contributed by atoms with van der Waals surface area (Å²) in [6.45, 7) is 0. The lowest BCUT2D eigenvalue weighted by Crippen LogP contribution is -2.21. The normalized spacial score (nSPS) is 16.1. The fourth-order valence-corrected chi connectivity index (χ4v) is 4.37. The summed E-state index contributed by atoms with van der Waals surface area (Å²) in [5.74, 6) is -1.06. The molecule has 0 radical (unpaired) electrons. The van der Waals surface area contributed by atoms with Gasteiger partial charge in [-0.2, -0.15) is 0 Å². The van der Waals surface area contributed by atoms with Crippen LogP contribution in [-0.2, 0) is 0 Å². The first-order chi connectivity index (χ1) is 18.0. The number of hydrogen-bond acceptors (Lipinski definition) is 5. The van der Waals surface area contributed by atoms with Crippen molar-refractivity contribution in [2.75, 3.05) is 5.32 Å². The molecule has 8 nitrogen and oxygen atoms in total. The molecule has 37 heavy (non-hydrogen) atoms. The summed E-state index contributed by atoms with van der Waals surface area (Å²) in [5, 5.41) is 13.6. The van der Waals surface area contributed by atoms with Crippen LogP contribution in [0.1, 0.15) is 42.7 Å². The molecule has 0 aliphatic carbocycles. The summed E-state index contributed by atoms with van der Waals surface area (Å²) in [4.78, 5) is 51.8. The number of nitro benzene ring substituents is 1. The molecule has 4 aromatic carbocycles. The van der Waals surface area contributed by atoms with E-state index in [1.165, 1.54) is 29.2 Å². The van der Waals surface area contributed by atoms with E-state index in [2.05, 4.69) is 5.32 Å². The van der Waals surface area contributed by atoms with Gasteiger partial charge in [-0.1, -0.05) is 72.8 Å². The van der Waals surface area contributed by atoms with Crippen LogP contribution in [0.15, 0.2) is 109 Å². The fourth-order valence-electron chi connectivity index (χ4n) is 4.37. The highest BCUT2D eigenvalue weighted by atomic mass is 16.6. The molecule has 5 rings (SSSR count). The summed E-state index contributed by atoms with van der Waals surface area (Å²) < 4.78 is 0. The average Bonchev–Trinajstić information content (AvgIpc) is 3.69. The molecule has 0 saturated carbocycles. The van der Waals surface area contributed by atoms with Crippen molar-refractivity contribution in [2.24, 2.45) is 0 Å². The largest absolute Gasteiger partial charge is 0.321 e. The Balaban J connectivity index is 1.43. The molecule has 1 fully saturated rings. The lowest BCUT2D eigenvalue weighted by atomic mass is 10.0. The predicted octanol–water partition coefficient (Wildman–Crippen LogP) is 5.30. The maximum absolute atomic E-state index is 13.7. The number of ketones is 1. The lowest BCUT2D eigenvalue weighted by Gasteiger charge is -2.12. The Morgan fingerprint density at radius 1 is 0.730 bits per heavy atom. The van der Waals surface area contributed by atoms with Crippen LogP contribution >= 0.6 is 0 Å². The third-order valence-electron chi connectivity index (χ3n) is 6.26. The summed E-state index contributed by atoms with van der Waals surface area (Å²) in [6.07, 6.45) is 0. The number of Topliss-reactive ketones (excluding diaryl/α,β-unsaturated/α-hetero) is 1. The Kier molecular flexibility index (Phi) is 6.30. The third kappa shape index (κ3) is 4.72. The molecule has 0 bridgehead atoms. The smallest absolute Gasteiger partial charge is 0.269 e. The van der Waals surface area contributed by atoms with Crippen LogP contribution in [0.3, 0.4) is 0 Å². The van der Waals surface area contributed by atoms with Crippen LogP contribution in [0.5, 0.6) is 0 Å². The number of nitrogens with one attached hydrogen (secondary N) is 1. The number of carbonyl (C=O) groups is 3. The van der Waals surface area contributed by atoms with Crippen LogP contribution in [0.25, 0.3) is 0 Å². The number of nitrogens with zero attached hydrogens (tertiary/aromatic N) is 2. The van der Waals surface area contributed by atoms with Gasteiger partial charge in [0, 0.05) is 23.3 Å². The van der Waals surface area contributed by atoms with Gasteiger partial charge in [0.1, 0.15) is 6.04 Å². The Morgan fingerprint density at radius 2 is 1.32 bits per heavy atom. The molecule has 182 valence electrons. The van der Waals surface area contributed by atoms with Gasteiger partial charge in [-0.25, -0.2) is 0 Å². The number of nitro groups is 1. The second-order valence-corrected chi connectivity index (χ2v) is 8.55. The minimum Gasteiger partial charge on any atom is -0.321 e. The molecule has 1 aliphatic rings. The molecular formula is C29H21N3O5. The number of hydrogen-bond donors (Lipinski definition) is 1. The molecule has 1 N–H and O–H groups in total. The van der Waals surface area contributed by atoms with E-state index in [-0.39, 0.29) is 34.2 Å². The number of rotatable bonds is 7. The maximum atomic E-state index is 13.7. The van der Waals surface area contributed by atoms with Crippen molar-refractivity contribution in [3.8, 4) is 0 Å². The number of amides is 2. The van der Waals surface area contributed by atoms with E-state index in [9.17, 15) is 24.5 Å². The van der Waals surface area contributed by atoms with Gasteiger partial charge in [0.2, 0.25) is 0 Å². The quantitative estimate of drug-likeness (QED) is 0.163. The zero-order valence-corrected chi connectivity index (χ0v) is 19.5. The van der Waals surface area contributed by atoms with Gasteiger partial charge >= 0.3 is 0 Å². The van der Waals surface area contributed by atoms with Gasteiger partial charge in [-0.05, 0) is 29.8 Å². The molecule has 8 heteroatoms. The summed E-state index contributed by atoms with van der Waals surface area (Å²) >= 11 is 0. The average molecular weight is 492 g/mol. The summed E-state index contributed by atoms with van der Waals surface area (Å²) in [6, 6.07) is 28.8. The number of non-ortho nitro benzene ring substituents is 1. The third-order valence-corrected chi connectivity index (χ3v) is 6.26. The van der Waals surface area contributed by atoms with Gasteiger partial charge in [0.15, 0.2) is 5.78 Å². The van der Waals surface area contributed by atoms with E-state index in [0.717, 1.165) is 5.56 Å². The molecule has 0 spiro atoms. The predicted molar refractivity (Wildman–Crippen MR) is 137 cm³/mol. The van der Waals surface area contributed by atoms with E-state index < -0.39 is 22.9 Å². The van der Waals surface area contributed by atoms with E-state index in [4.69, 9.17) is 0 Å². The lowest BCUT2D eigenvalue weighted by molar-refractivity contribution is -0.384. The summed E-state index contributed by atoms with van der Waals surface area (Å²) in [5.41, 5.74) is 1.96. The molecule has 4 aromatic rings. The molecule has 0 aromatic heterocycles. The van der Waals surface area contributed by atoms with Crippen molar-refractivity contribution in [1.29, 1.82) is 0 Å². The van der Waals surface area contributed by atoms with E-state index in [1.54, 1.807) is 48.5 Å². The van der Waals surface area contributed by atoms with Gasteiger partial charge in [-0.15, -0.1) is 0 Å². The van der Waals surface area contributed by atoms with Crippen LogP contribution < -0.4 is 5.32 Å². The van der Waals surface area contributed by atoms with E-state index in [1.807, 2.05) is 36.4 Å². The second-order valence-electron chi connectivity index (χ2n) is 8.55. The highest BCUT2D eigenvalue weighted by Crippen LogP contribution is 2.46. The Hall–Kier alpha value is -5.11. The SMILES string of the molecule is O=C(Nc1ccccc1C(=O)N1[C@@H](C(=O)c2ccccc2)[C@@H]1c1ccccc1)c1ccc([N+](=O)[O-])cc1. The van der Waals surface area contributed by atoms with Crippen LogP contribution in [0.2, 0.25) is 0 Å². The van der Waals surface area contributed by atoms with Gasteiger partial charge in [-0.3, -0.25) is 24.5 Å². The van der Waals surface area contributed by atoms with E-state index in [0.29, 0.717) is 5.56 Å². The van der Waals surface area contributed by atoms with Crippen LogP contribution in [-0.4, -0.2) is 33.5 Å². The zero-order valence-electron chi connectivity index (χ0n) is 19.5. The van der Waals surface area contributed by atoms with Gasteiger partial charge in [0.25, 0.3) is 17.5 Å². The van der Waals surface area contributed by atoms with Crippen molar-refractivity contribution in [3.05, 3.63) is 142 Å². The number of anilines is 1. The van der Waals surface area contributed by atoms with Crippen molar-refractivity contribution in [1.82, 2.24) is 4.90 Å². The first-order valence-electron chi connectivity index (χ1n) is 11.6. The molecule has 1 saturated heterocycles. The minimum absolute atomic E-state index is 0.130. The van der Waals surface area contributed by atoms with Gasteiger partial charge in [0.05, 0.1) is 22.2 Å². The molecule has 0 unspecified atom stereocenters. The van der Waals surface area contributed by atoms with Crippen molar-refractivity contribution in [2.45, 2.75) is 12.1 Å². The fraction of sp³-hybridized carbons (Fsp3) is 0.0690. The Labute approximate surface area is 212 Å². The monoisotopic (exact) mass is 491 g/mol. The highest BCUT2D eigenvalue weighted by Gasteiger charge is 2.56. The zero-order chi connectivity index (χ0) is 25.9. The van der Waals surface area contributed by atoms with Crippen molar-refractivity contribution >= 4 is 29.0 Å². The minimum atomic E-state index is -0.671. The first kappa shape index (κ1) is 23.6. The van der Waals surface area contributed by atoms with Crippen LogP contribution in [0.4, 0.5) is 11.4 Å². The summed E-state index contributed by atoms with van der Waals surface area (Å²) in [7, 11) is 0. The molecule has 1 aliphatic heterocycles. The highest BCUT2D eigenvalue weighted by molar-refractivity contribution is 6.12. The second kappa shape index (κ2) is 9.87. The number of benzene rings is 4. The Bertz CT molecular complexity index is 1490. The van der Waals surface area contributed by atoms with Crippen molar-refractivity contribution in [3.63, 3.8) is 0 Å². The number of carbonyl (C=O) groups excluding carboxylic acids is 3. The molecular weight excluding hydrogens is 470 g/mol. The molecule has 2 amide bonds. The number of para-hydroxylation sites is 1. The van der Waals surface area contributed by atoms with Gasteiger partial charge < -0.3 is 10.2 Å². The molecule has 1 heterocycles. The first-order valence-corrected chi connectivity index (χ1v) is 11.6. The molecule has 2 atom stereocenters. The topological polar surface area (TPSA) is 109 Å². The Morgan fingerprint density at radius 3 is 1.97 bits per heavy atom. The standard InChI is InChI=1S/C29H21N3O5/c33-27(20-11-5-2-6-12-20)26-25(19-9-3-1-4-10-19)31(26)29(35)23-13-7-8-14-24(23)30-28(34)21-15-17-22(18-16-21)32(36)37/h1-18,25-26H,(H,30,34)/t25-,26+,31?/m0/s1. The van der Waals surface area contributed by atoms with E-state index >= 15 is 0 Å².